The van der Waals surface area contributed by atoms with Crippen LogP contribution in [0.2, 0.25) is 0 Å². The number of hydrogen-bond acceptors (Lipinski definition) is 2. The fourth-order valence-corrected chi connectivity index (χ4v) is 1.78. The first-order valence-corrected chi connectivity index (χ1v) is 5.53. The highest BCUT2D eigenvalue weighted by Crippen LogP contribution is 2.19. The first-order valence-electron chi connectivity index (χ1n) is 5.53. The van der Waals surface area contributed by atoms with Crippen LogP contribution in [0.3, 0.4) is 0 Å². The zero-order valence-electron chi connectivity index (χ0n) is 9.99. The van der Waals surface area contributed by atoms with E-state index in [4.69, 9.17) is 0 Å². The second-order valence-corrected chi connectivity index (χ2v) is 4.12. The predicted molar refractivity (Wildman–Crippen MR) is 67.0 cm³/mol. The Balaban J connectivity index is 2.38. The number of aryl methyl sites for hydroxylation is 2. The van der Waals surface area contributed by atoms with E-state index in [0.29, 0.717) is 0 Å². The van der Waals surface area contributed by atoms with E-state index in [0.717, 1.165) is 23.6 Å². The molecule has 0 saturated carbocycles. The first-order chi connectivity index (χ1) is 7.65. The molecule has 1 aromatic heterocycles. The lowest BCUT2D eigenvalue weighted by molar-refractivity contribution is 0.998. The molecular formula is C14H16N2. The Morgan fingerprint density at radius 1 is 1.00 bits per heavy atom. The van der Waals surface area contributed by atoms with Crippen molar-refractivity contribution in [2.45, 2.75) is 27.2 Å². The van der Waals surface area contributed by atoms with Gasteiger partial charge in [0, 0.05) is 5.69 Å². The average molecular weight is 212 g/mol. The quantitative estimate of drug-likeness (QED) is 0.713. The highest BCUT2D eigenvalue weighted by molar-refractivity contribution is 5.73. The summed E-state index contributed by atoms with van der Waals surface area (Å²) >= 11 is 0. The lowest BCUT2D eigenvalue weighted by atomic mass is 10.1. The molecular weight excluding hydrogens is 196 g/mol. The summed E-state index contributed by atoms with van der Waals surface area (Å²) in [6.45, 7) is 6.05. The average Bonchev–Trinajstić information content (AvgIpc) is 2.41. The van der Waals surface area contributed by atoms with Crippen LogP contribution in [-0.4, -0.2) is 9.97 Å². The third-order valence-electron chi connectivity index (χ3n) is 2.57. The van der Waals surface area contributed by atoms with Gasteiger partial charge in [0.15, 0.2) is 0 Å². The standard InChI is InChI=1S/C14H16N2/c1-10-5-4-6-13(8-7-10)14-9-11(2)15-12(3)16-14/h5-9H,4H2,1-3H3. The van der Waals surface area contributed by atoms with Crippen LogP contribution in [0.1, 0.15) is 30.6 Å². The molecule has 0 N–H and O–H groups in total. The van der Waals surface area contributed by atoms with Gasteiger partial charge in [-0.05, 0) is 38.8 Å². The Kier molecular flexibility index (Phi) is 3.00. The van der Waals surface area contributed by atoms with Crippen molar-refractivity contribution in [3.05, 3.63) is 53.2 Å². The molecule has 2 heteroatoms. The predicted octanol–water partition coefficient (Wildman–Crippen LogP) is 3.38. The molecule has 0 amide bonds. The summed E-state index contributed by atoms with van der Waals surface area (Å²) in [7, 11) is 0. The normalized spacial score (nSPS) is 15.4. The summed E-state index contributed by atoms with van der Waals surface area (Å²) in [5.74, 6) is 0.832. The van der Waals surface area contributed by atoms with Gasteiger partial charge in [0.05, 0.1) is 5.69 Å². The topological polar surface area (TPSA) is 25.8 Å². The van der Waals surface area contributed by atoms with Crippen molar-refractivity contribution in [3.63, 3.8) is 0 Å². The van der Waals surface area contributed by atoms with Crippen molar-refractivity contribution < 1.29 is 0 Å². The number of nitrogens with zero attached hydrogens (tertiary/aromatic N) is 2. The molecule has 1 aromatic rings. The third kappa shape index (κ3) is 2.45. The number of hydrogen-bond donors (Lipinski definition) is 0. The molecule has 1 aliphatic carbocycles. The summed E-state index contributed by atoms with van der Waals surface area (Å²) < 4.78 is 0. The summed E-state index contributed by atoms with van der Waals surface area (Å²) in [6, 6.07) is 2.03. The van der Waals surface area contributed by atoms with Crippen molar-refractivity contribution in [1.29, 1.82) is 0 Å². The van der Waals surface area contributed by atoms with Crippen molar-refractivity contribution in [2.75, 3.05) is 0 Å². The summed E-state index contributed by atoms with van der Waals surface area (Å²) in [5, 5.41) is 0. The van der Waals surface area contributed by atoms with Crippen LogP contribution < -0.4 is 0 Å². The van der Waals surface area contributed by atoms with Crippen LogP contribution in [0.4, 0.5) is 0 Å². The van der Waals surface area contributed by atoms with E-state index < -0.39 is 0 Å². The van der Waals surface area contributed by atoms with Gasteiger partial charge in [-0.2, -0.15) is 0 Å². The molecule has 0 aromatic carbocycles. The van der Waals surface area contributed by atoms with Crippen molar-refractivity contribution in [2.24, 2.45) is 0 Å². The molecule has 0 spiro atoms. The molecule has 0 unspecified atom stereocenters. The maximum Gasteiger partial charge on any atom is 0.126 e. The Labute approximate surface area is 96.4 Å². The van der Waals surface area contributed by atoms with Gasteiger partial charge in [-0.15, -0.1) is 0 Å². The highest BCUT2D eigenvalue weighted by atomic mass is 14.9. The lowest BCUT2D eigenvalue weighted by Crippen LogP contribution is -1.96. The minimum Gasteiger partial charge on any atom is -0.239 e. The molecule has 0 fully saturated rings. The van der Waals surface area contributed by atoms with Gasteiger partial charge in [0.1, 0.15) is 5.82 Å². The van der Waals surface area contributed by atoms with Gasteiger partial charge in [0.2, 0.25) is 0 Å². The van der Waals surface area contributed by atoms with E-state index in [-0.39, 0.29) is 0 Å². The molecule has 1 heterocycles. The number of aromatic nitrogens is 2. The van der Waals surface area contributed by atoms with Crippen LogP contribution >= 0.6 is 0 Å². The molecule has 0 aliphatic heterocycles. The molecule has 2 nitrogen and oxygen atoms in total. The van der Waals surface area contributed by atoms with Gasteiger partial charge in [-0.3, -0.25) is 0 Å². The molecule has 0 atom stereocenters. The van der Waals surface area contributed by atoms with Crippen LogP contribution in [0.25, 0.3) is 5.57 Å². The summed E-state index contributed by atoms with van der Waals surface area (Å²) in [5.41, 5.74) is 4.52. The molecule has 0 radical (unpaired) electrons. The van der Waals surface area contributed by atoms with Crippen LogP contribution in [0.15, 0.2) is 35.9 Å². The lowest BCUT2D eigenvalue weighted by Gasteiger charge is -2.03. The number of rotatable bonds is 1. The van der Waals surface area contributed by atoms with Crippen molar-refractivity contribution >= 4 is 5.57 Å². The van der Waals surface area contributed by atoms with Crippen LogP contribution in [0.5, 0.6) is 0 Å². The van der Waals surface area contributed by atoms with Crippen LogP contribution in [0, 0.1) is 13.8 Å². The Bertz CT molecular complexity index is 473. The van der Waals surface area contributed by atoms with E-state index in [9.17, 15) is 0 Å². The maximum atomic E-state index is 4.47. The van der Waals surface area contributed by atoms with Gasteiger partial charge in [0.25, 0.3) is 0 Å². The second-order valence-electron chi connectivity index (χ2n) is 4.12. The first kappa shape index (κ1) is 10.8. The van der Waals surface area contributed by atoms with Crippen LogP contribution in [-0.2, 0) is 0 Å². The third-order valence-corrected chi connectivity index (χ3v) is 2.57. The summed E-state index contributed by atoms with van der Waals surface area (Å²) in [4.78, 5) is 8.76. The van der Waals surface area contributed by atoms with E-state index in [2.05, 4.69) is 41.2 Å². The van der Waals surface area contributed by atoms with Gasteiger partial charge < -0.3 is 0 Å². The smallest absolute Gasteiger partial charge is 0.126 e. The zero-order valence-corrected chi connectivity index (χ0v) is 9.99. The van der Waals surface area contributed by atoms with Gasteiger partial charge in [-0.1, -0.05) is 29.9 Å². The second kappa shape index (κ2) is 4.44. The Morgan fingerprint density at radius 2 is 1.81 bits per heavy atom. The minimum absolute atomic E-state index is 0.832. The molecule has 16 heavy (non-hydrogen) atoms. The Morgan fingerprint density at radius 3 is 2.56 bits per heavy atom. The molecule has 0 bridgehead atoms. The fourth-order valence-electron chi connectivity index (χ4n) is 1.78. The highest BCUT2D eigenvalue weighted by Gasteiger charge is 2.04. The minimum atomic E-state index is 0.832. The summed E-state index contributed by atoms with van der Waals surface area (Å²) in [6.07, 6.45) is 9.64. The molecule has 1 aliphatic rings. The van der Waals surface area contributed by atoms with Crippen molar-refractivity contribution in [3.8, 4) is 0 Å². The molecule has 82 valence electrons. The van der Waals surface area contributed by atoms with E-state index >= 15 is 0 Å². The zero-order chi connectivity index (χ0) is 11.5. The Hall–Kier alpha value is -1.70. The molecule has 2 rings (SSSR count). The van der Waals surface area contributed by atoms with E-state index in [1.807, 2.05) is 19.9 Å². The van der Waals surface area contributed by atoms with Gasteiger partial charge >= 0.3 is 0 Å². The van der Waals surface area contributed by atoms with Crippen molar-refractivity contribution in [1.82, 2.24) is 9.97 Å². The SMILES string of the molecule is CC1=CCC=C(c2cc(C)nc(C)n2)C=C1. The largest absolute Gasteiger partial charge is 0.239 e. The number of allylic oxidation sites excluding steroid dienone is 6. The monoisotopic (exact) mass is 212 g/mol. The van der Waals surface area contributed by atoms with E-state index in [1.165, 1.54) is 11.1 Å². The molecule has 0 saturated heterocycles. The fraction of sp³-hybridized carbons (Fsp3) is 0.286. The van der Waals surface area contributed by atoms with E-state index in [1.54, 1.807) is 0 Å². The van der Waals surface area contributed by atoms with Gasteiger partial charge in [-0.25, -0.2) is 9.97 Å². The maximum absolute atomic E-state index is 4.47.